The molecule has 21 heavy (non-hydrogen) atoms. The predicted octanol–water partition coefficient (Wildman–Crippen LogP) is 2.48. The first-order chi connectivity index (χ1) is 10.2. The number of hydrogen-bond donors (Lipinski definition) is 1. The zero-order valence-electron chi connectivity index (χ0n) is 12.4. The van der Waals surface area contributed by atoms with Crippen molar-refractivity contribution < 1.29 is 4.79 Å². The van der Waals surface area contributed by atoms with Crippen molar-refractivity contribution in [1.29, 1.82) is 0 Å². The summed E-state index contributed by atoms with van der Waals surface area (Å²) >= 11 is 0. The van der Waals surface area contributed by atoms with Crippen LogP contribution >= 0.6 is 0 Å². The Morgan fingerprint density at radius 3 is 3.10 bits per heavy atom. The van der Waals surface area contributed by atoms with Crippen LogP contribution in [0.25, 0.3) is 10.9 Å². The highest BCUT2D eigenvalue weighted by atomic mass is 16.2. The second kappa shape index (κ2) is 4.88. The SMILES string of the molecule is CC1CN2CCCC2CN1C(=O)c1ccc2cc[nH]c2c1. The molecule has 1 aromatic heterocycles. The maximum Gasteiger partial charge on any atom is 0.254 e. The molecule has 2 fully saturated rings. The summed E-state index contributed by atoms with van der Waals surface area (Å²) < 4.78 is 0. The van der Waals surface area contributed by atoms with Gasteiger partial charge in [-0.05, 0) is 49.9 Å². The Balaban J connectivity index is 1.60. The number of aromatic nitrogens is 1. The molecule has 2 aliphatic rings. The minimum Gasteiger partial charge on any atom is -0.361 e. The van der Waals surface area contributed by atoms with E-state index >= 15 is 0 Å². The van der Waals surface area contributed by atoms with E-state index in [-0.39, 0.29) is 5.91 Å². The molecule has 2 saturated heterocycles. The Morgan fingerprint density at radius 1 is 1.29 bits per heavy atom. The number of H-pyrrole nitrogens is 1. The van der Waals surface area contributed by atoms with Crippen LogP contribution in [0.2, 0.25) is 0 Å². The molecule has 0 radical (unpaired) electrons. The summed E-state index contributed by atoms with van der Waals surface area (Å²) in [4.78, 5) is 20.7. The number of hydrogen-bond acceptors (Lipinski definition) is 2. The monoisotopic (exact) mass is 283 g/mol. The highest BCUT2D eigenvalue weighted by Gasteiger charge is 2.36. The van der Waals surface area contributed by atoms with E-state index in [0.29, 0.717) is 12.1 Å². The Kier molecular flexibility index (Phi) is 3.00. The highest BCUT2D eigenvalue weighted by molar-refractivity contribution is 5.98. The molecule has 2 aliphatic heterocycles. The minimum atomic E-state index is 0.172. The van der Waals surface area contributed by atoms with Crippen LogP contribution in [0.5, 0.6) is 0 Å². The van der Waals surface area contributed by atoms with Gasteiger partial charge in [0.1, 0.15) is 0 Å². The molecule has 3 heterocycles. The van der Waals surface area contributed by atoms with Crippen molar-refractivity contribution in [2.24, 2.45) is 0 Å². The lowest BCUT2D eigenvalue weighted by Crippen LogP contribution is -2.56. The van der Waals surface area contributed by atoms with Gasteiger partial charge < -0.3 is 9.88 Å². The van der Waals surface area contributed by atoms with E-state index in [1.165, 1.54) is 19.4 Å². The summed E-state index contributed by atoms with van der Waals surface area (Å²) in [6.45, 7) is 5.26. The van der Waals surface area contributed by atoms with Crippen molar-refractivity contribution in [2.45, 2.75) is 31.8 Å². The van der Waals surface area contributed by atoms with Gasteiger partial charge in [-0.2, -0.15) is 0 Å². The number of rotatable bonds is 1. The molecule has 110 valence electrons. The van der Waals surface area contributed by atoms with Gasteiger partial charge in [-0.15, -0.1) is 0 Å². The molecule has 0 saturated carbocycles. The fraction of sp³-hybridized carbons (Fsp3) is 0.471. The second-order valence-corrected chi connectivity index (χ2v) is 6.38. The number of amides is 1. The van der Waals surface area contributed by atoms with E-state index in [0.717, 1.165) is 29.6 Å². The van der Waals surface area contributed by atoms with Crippen molar-refractivity contribution >= 4 is 16.8 Å². The van der Waals surface area contributed by atoms with Gasteiger partial charge in [0.25, 0.3) is 5.91 Å². The molecule has 1 N–H and O–H groups in total. The van der Waals surface area contributed by atoms with Crippen LogP contribution in [0.3, 0.4) is 0 Å². The lowest BCUT2D eigenvalue weighted by Gasteiger charge is -2.42. The number of nitrogens with one attached hydrogen (secondary N) is 1. The van der Waals surface area contributed by atoms with E-state index in [2.05, 4.69) is 21.7 Å². The van der Waals surface area contributed by atoms with E-state index in [1.54, 1.807) is 0 Å². The van der Waals surface area contributed by atoms with Crippen molar-refractivity contribution in [2.75, 3.05) is 19.6 Å². The highest BCUT2D eigenvalue weighted by Crippen LogP contribution is 2.26. The number of piperazine rings is 1. The number of benzene rings is 1. The molecule has 2 aromatic rings. The molecular formula is C17H21N3O. The van der Waals surface area contributed by atoms with Crippen LogP contribution in [0, 0.1) is 0 Å². The summed E-state index contributed by atoms with van der Waals surface area (Å²) in [5, 5.41) is 1.15. The summed E-state index contributed by atoms with van der Waals surface area (Å²) in [5.74, 6) is 0.172. The summed E-state index contributed by atoms with van der Waals surface area (Å²) in [6.07, 6.45) is 4.42. The minimum absolute atomic E-state index is 0.172. The third kappa shape index (κ3) is 2.14. The number of carbonyl (C=O) groups is 1. The lowest BCUT2D eigenvalue weighted by molar-refractivity contribution is 0.0395. The number of fused-ring (bicyclic) bond motifs is 2. The van der Waals surface area contributed by atoms with Crippen LogP contribution in [0.4, 0.5) is 0 Å². The van der Waals surface area contributed by atoms with Gasteiger partial charge in [-0.25, -0.2) is 0 Å². The number of nitrogens with zero attached hydrogens (tertiary/aromatic N) is 2. The standard InChI is InChI=1S/C17H21N3O/c1-12-10-19-8-2-3-15(19)11-20(12)17(21)14-5-4-13-6-7-18-16(13)9-14/h4-7,9,12,15,18H,2-3,8,10-11H2,1H3. The van der Waals surface area contributed by atoms with Gasteiger partial charge in [0.05, 0.1) is 0 Å². The zero-order valence-corrected chi connectivity index (χ0v) is 12.4. The predicted molar refractivity (Wildman–Crippen MR) is 83.4 cm³/mol. The van der Waals surface area contributed by atoms with Gasteiger partial charge in [0.2, 0.25) is 0 Å². The molecule has 4 rings (SSSR count). The molecule has 1 aromatic carbocycles. The molecule has 4 nitrogen and oxygen atoms in total. The van der Waals surface area contributed by atoms with Crippen LogP contribution in [-0.4, -0.2) is 52.4 Å². The summed E-state index contributed by atoms with van der Waals surface area (Å²) in [7, 11) is 0. The fourth-order valence-electron chi connectivity index (χ4n) is 3.82. The molecule has 4 heteroatoms. The smallest absolute Gasteiger partial charge is 0.254 e. The third-order valence-corrected chi connectivity index (χ3v) is 5.00. The Morgan fingerprint density at radius 2 is 2.19 bits per heavy atom. The van der Waals surface area contributed by atoms with E-state index < -0.39 is 0 Å². The van der Waals surface area contributed by atoms with Gasteiger partial charge in [-0.3, -0.25) is 9.69 Å². The van der Waals surface area contributed by atoms with Crippen molar-refractivity contribution in [3.63, 3.8) is 0 Å². The molecule has 2 atom stereocenters. The first kappa shape index (κ1) is 12.9. The molecule has 2 unspecified atom stereocenters. The second-order valence-electron chi connectivity index (χ2n) is 6.38. The quantitative estimate of drug-likeness (QED) is 0.873. The fourth-order valence-corrected chi connectivity index (χ4v) is 3.82. The summed E-state index contributed by atoms with van der Waals surface area (Å²) in [5.41, 5.74) is 1.83. The molecule has 0 spiro atoms. The van der Waals surface area contributed by atoms with Gasteiger partial charge in [0.15, 0.2) is 0 Å². The van der Waals surface area contributed by atoms with Gasteiger partial charge >= 0.3 is 0 Å². The lowest BCUT2D eigenvalue weighted by atomic mass is 10.1. The van der Waals surface area contributed by atoms with E-state index in [1.807, 2.05) is 30.5 Å². The van der Waals surface area contributed by atoms with Gasteiger partial charge in [0, 0.05) is 42.5 Å². The number of carbonyl (C=O) groups excluding carboxylic acids is 1. The molecule has 0 bridgehead atoms. The van der Waals surface area contributed by atoms with Crippen LogP contribution < -0.4 is 0 Å². The average Bonchev–Trinajstić information content (AvgIpc) is 3.12. The largest absolute Gasteiger partial charge is 0.361 e. The van der Waals surface area contributed by atoms with Crippen molar-refractivity contribution in [3.8, 4) is 0 Å². The maximum atomic E-state index is 12.9. The summed E-state index contributed by atoms with van der Waals surface area (Å²) in [6, 6.07) is 8.85. The zero-order chi connectivity index (χ0) is 14.4. The van der Waals surface area contributed by atoms with Crippen LogP contribution in [0.1, 0.15) is 30.1 Å². The Labute approximate surface area is 124 Å². The van der Waals surface area contributed by atoms with E-state index in [9.17, 15) is 4.79 Å². The molecular weight excluding hydrogens is 262 g/mol. The Hall–Kier alpha value is -1.81. The van der Waals surface area contributed by atoms with Crippen LogP contribution in [-0.2, 0) is 0 Å². The average molecular weight is 283 g/mol. The van der Waals surface area contributed by atoms with Gasteiger partial charge in [-0.1, -0.05) is 6.07 Å². The molecule has 1 amide bonds. The topological polar surface area (TPSA) is 39.3 Å². The maximum absolute atomic E-state index is 12.9. The first-order valence-electron chi connectivity index (χ1n) is 7.84. The number of aromatic amines is 1. The van der Waals surface area contributed by atoms with Crippen molar-refractivity contribution in [1.82, 2.24) is 14.8 Å². The van der Waals surface area contributed by atoms with E-state index in [4.69, 9.17) is 0 Å². The third-order valence-electron chi connectivity index (χ3n) is 5.00. The normalized spacial score (nSPS) is 26.2. The Bertz CT molecular complexity index is 677. The van der Waals surface area contributed by atoms with Crippen molar-refractivity contribution in [3.05, 3.63) is 36.0 Å². The van der Waals surface area contributed by atoms with Crippen LogP contribution in [0.15, 0.2) is 30.5 Å². The first-order valence-corrected chi connectivity index (χ1v) is 7.84. The molecule has 0 aliphatic carbocycles.